The summed E-state index contributed by atoms with van der Waals surface area (Å²) < 4.78 is 13.4. The largest absolute Gasteiger partial charge is 0.397 e. The maximum atomic E-state index is 13.4. The van der Waals surface area contributed by atoms with Crippen LogP contribution in [0.15, 0.2) is 12.1 Å². The van der Waals surface area contributed by atoms with Crippen molar-refractivity contribution in [2.24, 2.45) is 0 Å². The molecule has 2 N–H and O–H groups in total. The number of halogens is 2. The van der Waals surface area contributed by atoms with Gasteiger partial charge >= 0.3 is 0 Å². The first-order valence-electron chi connectivity index (χ1n) is 5.19. The Morgan fingerprint density at radius 3 is 3.00 bits per heavy atom. The minimum Gasteiger partial charge on any atom is -0.397 e. The molecule has 5 heteroatoms. The lowest BCUT2D eigenvalue weighted by Gasteiger charge is -2.33. The van der Waals surface area contributed by atoms with E-state index in [2.05, 4.69) is 11.8 Å². The van der Waals surface area contributed by atoms with Gasteiger partial charge in [-0.3, -0.25) is 0 Å². The van der Waals surface area contributed by atoms with Crippen molar-refractivity contribution in [1.29, 1.82) is 0 Å². The van der Waals surface area contributed by atoms with Gasteiger partial charge in [0.25, 0.3) is 0 Å². The van der Waals surface area contributed by atoms with Crippen molar-refractivity contribution in [2.75, 3.05) is 29.5 Å². The molecule has 0 bridgehead atoms. The van der Waals surface area contributed by atoms with Gasteiger partial charge in [-0.15, -0.1) is 0 Å². The third-order valence-electron chi connectivity index (χ3n) is 2.65. The number of hydrogen-bond acceptors (Lipinski definition) is 3. The van der Waals surface area contributed by atoms with E-state index in [0.29, 0.717) is 10.9 Å². The predicted octanol–water partition coefficient (Wildman–Crippen LogP) is 3.00. The van der Waals surface area contributed by atoms with Gasteiger partial charge in [0.15, 0.2) is 0 Å². The molecule has 1 heterocycles. The summed E-state index contributed by atoms with van der Waals surface area (Å²) in [5.41, 5.74) is 7.17. The molecule has 1 aromatic rings. The molecular weight excluding hydrogens is 247 g/mol. The van der Waals surface area contributed by atoms with Crippen LogP contribution in [0.4, 0.5) is 15.8 Å². The fraction of sp³-hybridized carbons (Fsp3) is 0.455. The topological polar surface area (TPSA) is 29.3 Å². The first-order chi connectivity index (χ1) is 7.58. The Labute approximate surface area is 104 Å². The summed E-state index contributed by atoms with van der Waals surface area (Å²) in [6, 6.07) is 2.92. The third-order valence-corrected chi connectivity index (χ3v) is 4.08. The number of hydrogen-bond donors (Lipinski definition) is 1. The molecule has 1 aliphatic rings. The van der Waals surface area contributed by atoms with E-state index in [1.807, 2.05) is 11.8 Å². The zero-order chi connectivity index (χ0) is 11.7. The van der Waals surface area contributed by atoms with Crippen LogP contribution in [-0.4, -0.2) is 24.1 Å². The molecule has 88 valence electrons. The van der Waals surface area contributed by atoms with Crippen LogP contribution in [0.25, 0.3) is 0 Å². The van der Waals surface area contributed by atoms with E-state index in [-0.39, 0.29) is 5.02 Å². The quantitative estimate of drug-likeness (QED) is 0.787. The molecule has 16 heavy (non-hydrogen) atoms. The predicted molar refractivity (Wildman–Crippen MR) is 70.0 cm³/mol. The lowest BCUT2D eigenvalue weighted by atomic mass is 10.2. The molecule has 0 amide bonds. The molecule has 1 aromatic carbocycles. The van der Waals surface area contributed by atoms with Gasteiger partial charge in [0, 0.05) is 30.2 Å². The Kier molecular flexibility index (Phi) is 3.50. The molecule has 1 fully saturated rings. The van der Waals surface area contributed by atoms with Crippen LogP contribution < -0.4 is 10.6 Å². The van der Waals surface area contributed by atoms with Crippen LogP contribution >= 0.6 is 23.4 Å². The summed E-state index contributed by atoms with van der Waals surface area (Å²) in [6.07, 6.45) is 0. The summed E-state index contributed by atoms with van der Waals surface area (Å²) in [5, 5.41) is 0.632. The van der Waals surface area contributed by atoms with Crippen molar-refractivity contribution >= 4 is 34.7 Å². The van der Waals surface area contributed by atoms with E-state index in [9.17, 15) is 4.39 Å². The Morgan fingerprint density at radius 1 is 1.56 bits per heavy atom. The zero-order valence-corrected chi connectivity index (χ0v) is 10.6. The minimum atomic E-state index is -0.406. The second-order valence-electron chi connectivity index (χ2n) is 3.95. The van der Waals surface area contributed by atoms with Crippen LogP contribution in [0, 0.1) is 5.82 Å². The zero-order valence-electron chi connectivity index (χ0n) is 9.04. The Morgan fingerprint density at radius 2 is 2.31 bits per heavy atom. The highest BCUT2D eigenvalue weighted by Gasteiger charge is 2.19. The summed E-state index contributed by atoms with van der Waals surface area (Å²) >= 11 is 7.60. The molecule has 1 atom stereocenters. The molecular formula is C11H14ClFN2S. The Balaban J connectivity index is 2.29. The van der Waals surface area contributed by atoms with Crippen LogP contribution in [0.5, 0.6) is 0 Å². The maximum absolute atomic E-state index is 13.4. The Bertz CT molecular complexity index is 400. The molecule has 2 nitrogen and oxygen atoms in total. The summed E-state index contributed by atoms with van der Waals surface area (Å²) in [5.74, 6) is 0.641. The highest BCUT2D eigenvalue weighted by molar-refractivity contribution is 8.00. The standard InChI is InChI=1S/C11H14ClFN2S/c1-7-6-15(2-3-16-7)11-5-9(13)8(12)4-10(11)14/h4-5,7H,2-3,6,14H2,1H3. The average Bonchev–Trinajstić information content (AvgIpc) is 2.23. The first-order valence-corrected chi connectivity index (χ1v) is 6.61. The number of nitrogen functional groups attached to an aromatic ring is 1. The molecule has 1 aliphatic heterocycles. The van der Waals surface area contributed by atoms with Crippen molar-refractivity contribution < 1.29 is 4.39 Å². The van der Waals surface area contributed by atoms with E-state index >= 15 is 0 Å². The normalized spacial score (nSPS) is 21.2. The molecule has 0 aliphatic carbocycles. The number of rotatable bonds is 1. The lowest BCUT2D eigenvalue weighted by molar-refractivity contribution is 0.627. The lowest BCUT2D eigenvalue weighted by Crippen LogP contribution is -2.37. The molecule has 0 saturated carbocycles. The second-order valence-corrected chi connectivity index (χ2v) is 5.91. The van der Waals surface area contributed by atoms with Gasteiger partial charge in [0.1, 0.15) is 5.82 Å². The fourth-order valence-electron chi connectivity index (χ4n) is 1.86. The van der Waals surface area contributed by atoms with Crippen molar-refractivity contribution in [3.05, 3.63) is 23.0 Å². The molecule has 1 unspecified atom stereocenters. The molecule has 0 aromatic heterocycles. The Hall–Kier alpha value is -0.610. The van der Waals surface area contributed by atoms with Crippen LogP contribution in [0.3, 0.4) is 0 Å². The SMILES string of the molecule is CC1CN(c2cc(F)c(Cl)cc2N)CCS1. The van der Waals surface area contributed by atoms with Crippen molar-refractivity contribution in [2.45, 2.75) is 12.2 Å². The van der Waals surface area contributed by atoms with Crippen molar-refractivity contribution in [1.82, 2.24) is 0 Å². The molecule has 0 radical (unpaired) electrons. The summed E-state index contributed by atoms with van der Waals surface area (Å²) in [6.45, 7) is 3.97. The molecule has 0 spiro atoms. The van der Waals surface area contributed by atoms with Gasteiger partial charge in [-0.05, 0) is 6.07 Å². The monoisotopic (exact) mass is 260 g/mol. The van der Waals surface area contributed by atoms with E-state index in [1.165, 1.54) is 12.1 Å². The average molecular weight is 261 g/mol. The van der Waals surface area contributed by atoms with E-state index in [1.54, 1.807) is 0 Å². The molecule has 1 saturated heterocycles. The number of nitrogens with zero attached hydrogens (tertiary/aromatic N) is 1. The highest BCUT2D eigenvalue weighted by Crippen LogP contribution is 2.32. The second kappa shape index (κ2) is 4.72. The summed E-state index contributed by atoms with van der Waals surface area (Å²) in [4.78, 5) is 2.12. The molecule has 2 rings (SSSR count). The maximum Gasteiger partial charge on any atom is 0.144 e. The van der Waals surface area contributed by atoms with Gasteiger partial charge in [0.2, 0.25) is 0 Å². The fourth-order valence-corrected chi connectivity index (χ4v) is 3.05. The van der Waals surface area contributed by atoms with Crippen LogP contribution in [0.2, 0.25) is 5.02 Å². The minimum absolute atomic E-state index is 0.0840. The van der Waals surface area contributed by atoms with Gasteiger partial charge in [0.05, 0.1) is 16.4 Å². The van der Waals surface area contributed by atoms with Gasteiger partial charge in [-0.1, -0.05) is 18.5 Å². The van der Waals surface area contributed by atoms with Gasteiger partial charge in [-0.2, -0.15) is 11.8 Å². The third kappa shape index (κ3) is 2.38. The van der Waals surface area contributed by atoms with E-state index in [4.69, 9.17) is 17.3 Å². The first kappa shape index (κ1) is 11.9. The summed E-state index contributed by atoms with van der Waals surface area (Å²) in [7, 11) is 0. The number of nitrogens with two attached hydrogens (primary N) is 1. The van der Waals surface area contributed by atoms with Crippen molar-refractivity contribution in [3.8, 4) is 0 Å². The van der Waals surface area contributed by atoms with Crippen molar-refractivity contribution in [3.63, 3.8) is 0 Å². The van der Waals surface area contributed by atoms with Crippen LogP contribution in [-0.2, 0) is 0 Å². The number of anilines is 2. The van der Waals surface area contributed by atoms with Gasteiger partial charge < -0.3 is 10.6 Å². The van der Waals surface area contributed by atoms with E-state index < -0.39 is 5.82 Å². The number of benzene rings is 1. The number of thioether (sulfide) groups is 1. The van der Waals surface area contributed by atoms with Gasteiger partial charge in [-0.25, -0.2) is 4.39 Å². The van der Waals surface area contributed by atoms with Crippen LogP contribution in [0.1, 0.15) is 6.92 Å². The smallest absolute Gasteiger partial charge is 0.144 e. The van der Waals surface area contributed by atoms with E-state index in [0.717, 1.165) is 24.5 Å². The highest BCUT2D eigenvalue weighted by atomic mass is 35.5.